The van der Waals surface area contributed by atoms with Crippen molar-refractivity contribution in [3.05, 3.63) is 76.3 Å². The average Bonchev–Trinajstić information content (AvgIpc) is 3.18. The van der Waals surface area contributed by atoms with Gasteiger partial charge in [-0.15, -0.1) is 11.3 Å². The van der Waals surface area contributed by atoms with Crippen molar-refractivity contribution in [2.24, 2.45) is 0 Å². The molecule has 0 aliphatic rings. The summed E-state index contributed by atoms with van der Waals surface area (Å²) in [6, 6.07) is 19.3. The van der Waals surface area contributed by atoms with Crippen LogP contribution in [0.4, 0.5) is 5.69 Å². The van der Waals surface area contributed by atoms with Crippen LogP contribution in [-0.4, -0.2) is 22.1 Å². The van der Waals surface area contributed by atoms with Crippen LogP contribution in [-0.2, 0) is 0 Å². The predicted octanol–water partition coefficient (Wildman–Crippen LogP) is 6.95. The Kier molecular flexibility index (Phi) is 7.07. The molecule has 1 amide bonds. The highest BCUT2D eigenvalue weighted by Crippen LogP contribution is 2.31. The maximum Gasteiger partial charge on any atom is 0.257 e. The molecular weight excluding hydrogens is 518 g/mol. The molecule has 0 unspecified atom stereocenters. The second-order valence-electron chi connectivity index (χ2n) is 7.79. The number of fused-ring (bicyclic) bond motifs is 1. The number of benzene rings is 3. The molecule has 168 valence electrons. The second-order valence-corrected chi connectivity index (χ2v) is 10.1. The topological polar surface area (TPSA) is 63.2 Å². The first-order chi connectivity index (χ1) is 15.8. The van der Waals surface area contributed by atoms with Gasteiger partial charge in [-0.3, -0.25) is 10.1 Å². The molecule has 0 spiro atoms. The molecular formula is C25H22BrN3O2S2. The van der Waals surface area contributed by atoms with Crippen molar-refractivity contribution >= 4 is 66.4 Å². The molecule has 33 heavy (non-hydrogen) atoms. The number of halogens is 1. The van der Waals surface area contributed by atoms with Gasteiger partial charge in [0.15, 0.2) is 5.11 Å². The fourth-order valence-electron chi connectivity index (χ4n) is 3.18. The molecule has 0 aliphatic carbocycles. The summed E-state index contributed by atoms with van der Waals surface area (Å²) in [5.74, 6) is 0.385. The zero-order valence-electron chi connectivity index (χ0n) is 18.3. The lowest BCUT2D eigenvalue weighted by atomic mass is 10.2. The molecule has 0 atom stereocenters. The number of nitrogens with zero attached hydrogens (tertiary/aromatic N) is 1. The first-order valence-electron chi connectivity index (χ1n) is 10.3. The van der Waals surface area contributed by atoms with Gasteiger partial charge in [-0.1, -0.05) is 6.07 Å². The number of carbonyl (C=O) groups is 1. The van der Waals surface area contributed by atoms with Gasteiger partial charge in [0.1, 0.15) is 10.8 Å². The smallest absolute Gasteiger partial charge is 0.257 e. The Hall–Kier alpha value is -2.81. The molecule has 0 radical (unpaired) electrons. The van der Waals surface area contributed by atoms with E-state index in [9.17, 15) is 4.79 Å². The summed E-state index contributed by atoms with van der Waals surface area (Å²) >= 11 is 10.4. The highest BCUT2D eigenvalue weighted by Gasteiger charge is 2.12. The molecule has 0 aliphatic heterocycles. The summed E-state index contributed by atoms with van der Waals surface area (Å²) in [6.07, 6.45) is 0.0444. The number of aromatic nitrogens is 1. The van der Waals surface area contributed by atoms with Gasteiger partial charge in [0.05, 0.1) is 20.8 Å². The van der Waals surface area contributed by atoms with Crippen molar-refractivity contribution in [2.45, 2.75) is 26.9 Å². The van der Waals surface area contributed by atoms with Crippen LogP contribution < -0.4 is 15.4 Å². The maximum atomic E-state index is 12.6. The standard InChI is InChI=1S/C25H22BrN3O2S2/c1-14(2)31-21-11-7-17(13-19(21)26)23(30)29-25(32)27-18-8-5-16(6-9-18)24-28-20-10-4-15(3)12-22(20)33-24/h4-14H,1-3H3,(H2,27,29,30,32). The van der Waals surface area contributed by atoms with Gasteiger partial charge in [-0.05, 0) is 109 Å². The quantitative estimate of drug-likeness (QED) is 0.268. The summed E-state index contributed by atoms with van der Waals surface area (Å²) in [6.45, 7) is 5.98. The Bertz CT molecular complexity index is 1330. The number of hydrogen-bond donors (Lipinski definition) is 2. The molecule has 0 saturated heterocycles. The molecule has 4 aromatic rings. The number of aryl methyl sites for hydroxylation is 1. The summed E-state index contributed by atoms with van der Waals surface area (Å²) in [4.78, 5) is 17.3. The molecule has 4 rings (SSSR count). The zero-order chi connectivity index (χ0) is 23.5. The van der Waals surface area contributed by atoms with E-state index in [0.717, 1.165) is 21.8 Å². The number of rotatable bonds is 5. The number of hydrogen-bond acceptors (Lipinski definition) is 5. The lowest BCUT2D eigenvalue weighted by Gasteiger charge is -2.13. The molecule has 5 nitrogen and oxygen atoms in total. The molecule has 3 aromatic carbocycles. The van der Waals surface area contributed by atoms with E-state index in [0.29, 0.717) is 15.8 Å². The van der Waals surface area contributed by atoms with E-state index in [1.807, 2.05) is 44.2 Å². The van der Waals surface area contributed by atoms with Crippen molar-refractivity contribution in [3.63, 3.8) is 0 Å². The number of carbonyl (C=O) groups excluding carboxylic acids is 1. The van der Waals surface area contributed by atoms with E-state index in [1.165, 1.54) is 10.3 Å². The second kappa shape index (κ2) is 9.99. The van der Waals surface area contributed by atoms with Crippen molar-refractivity contribution in [3.8, 4) is 16.3 Å². The summed E-state index contributed by atoms with van der Waals surface area (Å²) < 4.78 is 7.57. The van der Waals surface area contributed by atoms with E-state index in [4.69, 9.17) is 21.9 Å². The Morgan fingerprint density at radius 2 is 1.85 bits per heavy atom. The number of ether oxygens (including phenoxy) is 1. The third-order valence-corrected chi connectivity index (χ3v) is 6.61. The number of thiocarbonyl (C=S) groups is 1. The predicted molar refractivity (Wildman–Crippen MR) is 143 cm³/mol. The van der Waals surface area contributed by atoms with Gasteiger partial charge in [0.25, 0.3) is 5.91 Å². The van der Waals surface area contributed by atoms with Gasteiger partial charge in [0, 0.05) is 16.8 Å². The van der Waals surface area contributed by atoms with Crippen LogP contribution in [0.15, 0.2) is 65.1 Å². The van der Waals surface area contributed by atoms with E-state index in [-0.39, 0.29) is 17.1 Å². The summed E-state index contributed by atoms with van der Waals surface area (Å²) in [7, 11) is 0. The van der Waals surface area contributed by atoms with E-state index < -0.39 is 0 Å². The Labute approximate surface area is 210 Å². The van der Waals surface area contributed by atoms with Crippen LogP contribution in [0.2, 0.25) is 0 Å². The summed E-state index contributed by atoms with van der Waals surface area (Å²) in [5.41, 5.74) is 4.51. The average molecular weight is 541 g/mol. The van der Waals surface area contributed by atoms with E-state index in [2.05, 4.69) is 45.6 Å². The van der Waals surface area contributed by atoms with Crippen LogP contribution in [0.25, 0.3) is 20.8 Å². The van der Waals surface area contributed by atoms with Gasteiger partial charge >= 0.3 is 0 Å². The van der Waals surface area contributed by atoms with Gasteiger partial charge in [0.2, 0.25) is 0 Å². The van der Waals surface area contributed by atoms with Gasteiger partial charge < -0.3 is 10.1 Å². The molecule has 0 bridgehead atoms. The Morgan fingerprint density at radius 1 is 1.09 bits per heavy atom. The number of thiazole rings is 1. The van der Waals surface area contributed by atoms with Crippen molar-refractivity contribution < 1.29 is 9.53 Å². The SMILES string of the molecule is Cc1ccc2nc(-c3ccc(NC(=S)NC(=O)c4ccc(OC(C)C)c(Br)c4)cc3)sc2c1. The fourth-order valence-corrected chi connectivity index (χ4v) is 4.93. The van der Waals surface area contributed by atoms with Gasteiger partial charge in [-0.2, -0.15) is 0 Å². The zero-order valence-corrected chi connectivity index (χ0v) is 21.5. The minimum Gasteiger partial charge on any atom is -0.490 e. The number of amides is 1. The first kappa shape index (κ1) is 23.4. The third-order valence-electron chi connectivity index (χ3n) is 4.72. The molecule has 1 aromatic heterocycles. The highest BCUT2D eigenvalue weighted by molar-refractivity contribution is 9.10. The Balaban J connectivity index is 1.39. The van der Waals surface area contributed by atoms with Crippen LogP contribution in [0.3, 0.4) is 0 Å². The van der Waals surface area contributed by atoms with E-state index >= 15 is 0 Å². The molecule has 2 N–H and O–H groups in total. The number of nitrogens with one attached hydrogen (secondary N) is 2. The minimum atomic E-state index is -0.300. The Morgan fingerprint density at radius 3 is 2.55 bits per heavy atom. The lowest BCUT2D eigenvalue weighted by molar-refractivity contribution is 0.0977. The monoisotopic (exact) mass is 539 g/mol. The van der Waals surface area contributed by atoms with Crippen molar-refractivity contribution in [2.75, 3.05) is 5.32 Å². The molecule has 0 saturated carbocycles. The maximum absolute atomic E-state index is 12.6. The van der Waals surface area contributed by atoms with Crippen LogP contribution >= 0.6 is 39.5 Å². The van der Waals surface area contributed by atoms with Crippen LogP contribution in [0, 0.1) is 6.92 Å². The third kappa shape index (κ3) is 5.76. The van der Waals surface area contributed by atoms with Crippen molar-refractivity contribution in [1.82, 2.24) is 10.3 Å². The molecule has 1 heterocycles. The minimum absolute atomic E-state index is 0.0444. The highest BCUT2D eigenvalue weighted by atomic mass is 79.9. The fraction of sp³-hybridized carbons (Fsp3) is 0.160. The van der Waals surface area contributed by atoms with Crippen molar-refractivity contribution in [1.29, 1.82) is 0 Å². The van der Waals surface area contributed by atoms with E-state index in [1.54, 1.807) is 29.5 Å². The van der Waals surface area contributed by atoms with Gasteiger partial charge in [-0.25, -0.2) is 4.98 Å². The van der Waals surface area contributed by atoms with Crippen LogP contribution in [0.1, 0.15) is 29.8 Å². The molecule has 0 fully saturated rings. The first-order valence-corrected chi connectivity index (χ1v) is 12.4. The largest absolute Gasteiger partial charge is 0.490 e. The lowest BCUT2D eigenvalue weighted by Crippen LogP contribution is -2.34. The normalized spacial score (nSPS) is 10.9. The number of anilines is 1. The summed E-state index contributed by atoms with van der Waals surface area (Å²) in [5, 5.41) is 6.95. The molecule has 8 heteroatoms. The van der Waals surface area contributed by atoms with Crippen LogP contribution in [0.5, 0.6) is 5.75 Å².